The van der Waals surface area contributed by atoms with Crippen molar-refractivity contribution in [2.45, 2.75) is 44.6 Å². The molecular weight excluding hydrogens is 245 g/mol. The second kappa shape index (κ2) is 4.30. The van der Waals surface area contributed by atoms with Crippen LogP contribution < -0.4 is 5.32 Å². The van der Waals surface area contributed by atoms with E-state index in [0.717, 1.165) is 32.1 Å². The molecular formula is C15H18FNO2. The van der Waals surface area contributed by atoms with Crippen LogP contribution in [0.15, 0.2) is 12.1 Å². The van der Waals surface area contributed by atoms with Gasteiger partial charge >= 0.3 is 0 Å². The minimum Gasteiger partial charge on any atom is -0.375 e. The molecule has 1 aromatic rings. The van der Waals surface area contributed by atoms with E-state index in [-0.39, 0.29) is 11.7 Å². The van der Waals surface area contributed by atoms with Crippen LogP contribution in [0.3, 0.4) is 0 Å². The first-order valence-electron chi connectivity index (χ1n) is 6.88. The number of fused-ring (bicyclic) bond motifs is 1. The summed E-state index contributed by atoms with van der Waals surface area (Å²) in [6.45, 7) is 1.63. The Balaban J connectivity index is 2.09. The summed E-state index contributed by atoms with van der Waals surface area (Å²) in [5.74, 6) is -0.817. The Kier molecular flexibility index (Phi) is 2.86. The smallest absolute Gasteiger partial charge is 0.261 e. The van der Waals surface area contributed by atoms with Crippen LogP contribution in [-0.2, 0) is 10.4 Å². The van der Waals surface area contributed by atoms with E-state index < -0.39 is 11.5 Å². The molecule has 0 saturated heterocycles. The van der Waals surface area contributed by atoms with Gasteiger partial charge in [-0.2, -0.15) is 0 Å². The lowest BCUT2D eigenvalue weighted by atomic mass is 9.74. The minimum absolute atomic E-state index is 0.0626. The summed E-state index contributed by atoms with van der Waals surface area (Å²) < 4.78 is 13.6. The molecule has 0 radical (unpaired) electrons. The average Bonchev–Trinajstić information content (AvgIpc) is 2.69. The van der Waals surface area contributed by atoms with E-state index >= 15 is 0 Å². The molecule has 1 fully saturated rings. The van der Waals surface area contributed by atoms with Crippen LogP contribution in [0, 0.1) is 18.7 Å². The molecule has 1 aliphatic heterocycles. The summed E-state index contributed by atoms with van der Waals surface area (Å²) in [5.41, 5.74) is -0.0762. The Morgan fingerprint density at radius 1 is 1.32 bits per heavy atom. The molecule has 0 spiro atoms. The van der Waals surface area contributed by atoms with Gasteiger partial charge in [-0.25, -0.2) is 4.39 Å². The van der Waals surface area contributed by atoms with Gasteiger partial charge in [0.2, 0.25) is 0 Å². The normalized spacial score (nSPS) is 27.2. The number of aliphatic hydroxyl groups is 1. The van der Waals surface area contributed by atoms with Crippen molar-refractivity contribution in [2.24, 2.45) is 5.92 Å². The molecule has 1 atom stereocenters. The van der Waals surface area contributed by atoms with Crippen LogP contribution in [0.1, 0.15) is 43.2 Å². The maximum absolute atomic E-state index is 13.6. The molecule has 1 heterocycles. The Morgan fingerprint density at radius 3 is 2.68 bits per heavy atom. The first kappa shape index (κ1) is 12.6. The zero-order chi connectivity index (χ0) is 13.6. The number of carbonyl (C=O) groups excluding carboxylic acids is 1. The first-order valence-corrected chi connectivity index (χ1v) is 6.88. The number of hydrogen-bond donors (Lipinski definition) is 2. The van der Waals surface area contributed by atoms with Crippen LogP contribution >= 0.6 is 0 Å². The van der Waals surface area contributed by atoms with Crippen LogP contribution in [0.2, 0.25) is 0 Å². The van der Waals surface area contributed by atoms with E-state index in [4.69, 9.17) is 0 Å². The molecule has 19 heavy (non-hydrogen) atoms. The minimum atomic E-state index is -1.48. The second-order valence-electron chi connectivity index (χ2n) is 5.65. The van der Waals surface area contributed by atoms with Crippen molar-refractivity contribution in [3.63, 3.8) is 0 Å². The van der Waals surface area contributed by atoms with E-state index in [1.54, 1.807) is 13.0 Å². The highest BCUT2D eigenvalue weighted by Crippen LogP contribution is 2.47. The largest absolute Gasteiger partial charge is 0.375 e. The predicted octanol–water partition coefficient (Wildman–Crippen LogP) is 2.85. The van der Waals surface area contributed by atoms with Crippen molar-refractivity contribution in [1.29, 1.82) is 0 Å². The molecule has 1 unspecified atom stereocenters. The van der Waals surface area contributed by atoms with Crippen molar-refractivity contribution >= 4 is 11.6 Å². The fourth-order valence-electron chi connectivity index (χ4n) is 3.42. The Morgan fingerprint density at radius 2 is 2.00 bits per heavy atom. The van der Waals surface area contributed by atoms with Crippen LogP contribution in [0.25, 0.3) is 0 Å². The Bertz CT molecular complexity index is 537. The monoisotopic (exact) mass is 263 g/mol. The van der Waals surface area contributed by atoms with Gasteiger partial charge in [0, 0.05) is 17.0 Å². The summed E-state index contributed by atoms with van der Waals surface area (Å²) >= 11 is 0. The van der Waals surface area contributed by atoms with E-state index in [1.807, 2.05) is 0 Å². The third-order valence-corrected chi connectivity index (χ3v) is 4.59. The summed E-state index contributed by atoms with van der Waals surface area (Å²) in [6, 6.07) is 2.88. The Labute approximate surface area is 111 Å². The highest BCUT2D eigenvalue weighted by atomic mass is 19.1. The molecule has 0 bridgehead atoms. The molecule has 1 aliphatic carbocycles. The number of halogens is 1. The van der Waals surface area contributed by atoms with Gasteiger partial charge in [0.15, 0.2) is 5.60 Å². The number of rotatable bonds is 1. The van der Waals surface area contributed by atoms with Crippen molar-refractivity contribution in [1.82, 2.24) is 0 Å². The summed E-state index contributed by atoms with van der Waals surface area (Å²) in [4.78, 5) is 12.2. The Hall–Kier alpha value is -1.42. The first-order chi connectivity index (χ1) is 9.05. The van der Waals surface area contributed by atoms with Crippen molar-refractivity contribution in [3.05, 3.63) is 29.1 Å². The standard InChI is InChI=1S/C15H18FNO2/c1-9-12(16)8-7-11-13(9)17-14(18)15(11,19)10-5-3-2-4-6-10/h7-8,10,19H,2-6H2,1H3,(H,17,18). The zero-order valence-electron chi connectivity index (χ0n) is 11.0. The number of hydrogen-bond acceptors (Lipinski definition) is 2. The fourth-order valence-corrected chi connectivity index (χ4v) is 3.42. The van der Waals surface area contributed by atoms with Gasteiger partial charge in [0.1, 0.15) is 5.82 Å². The van der Waals surface area contributed by atoms with Crippen molar-refractivity contribution < 1.29 is 14.3 Å². The molecule has 1 amide bonds. The molecule has 3 nitrogen and oxygen atoms in total. The molecule has 0 aromatic heterocycles. The number of amides is 1. The molecule has 2 N–H and O–H groups in total. The van der Waals surface area contributed by atoms with E-state index in [0.29, 0.717) is 16.8 Å². The predicted molar refractivity (Wildman–Crippen MR) is 70.2 cm³/mol. The molecule has 1 saturated carbocycles. The van der Waals surface area contributed by atoms with Gasteiger partial charge < -0.3 is 10.4 Å². The van der Waals surface area contributed by atoms with Crippen molar-refractivity contribution in [2.75, 3.05) is 5.32 Å². The van der Waals surface area contributed by atoms with Gasteiger partial charge in [-0.1, -0.05) is 25.3 Å². The summed E-state index contributed by atoms with van der Waals surface area (Å²) in [7, 11) is 0. The number of nitrogens with one attached hydrogen (secondary N) is 1. The summed E-state index contributed by atoms with van der Waals surface area (Å²) in [5, 5.41) is 13.6. The lowest BCUT2D eigenvalue weighted by Gasteiger charge is -2.33. The average molecular weight is 263 g/mol. The summed E-state index contributed by atoms with van der Waals surface area (Å²) in [6.07, 6.45) is 4.93. The second-order valence-corrected chi connectivity index (χ2v) is 5.65. The topological polar surface area (TPSA) is 49.3 Å². The van der Waals surface area contributed by atoms with Gasteiger partial charge in [-0.3, -0.25) is 4.79 Å². The molecule has 1 aromatic carbocycles. The molecule has 2 aliphatic rings. The SMILES string of the molecule is Cc1c(F)ccc2c1NC(=O)C2(O)C1CCCCC1. The van der Waals surface area contributed by atoms with Crippen molar-refractivity contribution in [3.8, 4) is 0 Å². The van der Waals surface area contributed by atoms with Gasteiger partial charge in [0.25, 0.3) is 5.91 Å². The number of anilines is 1. The quantitative estimate of drug-likeness (QED) is 0.818. The number of benzene rings is 1. The molecule has 102 valence electrons. The highest BCUT2D eigenvalue weighted by molar-refractivity contribution is 6.05. The van der Waals surface area contributed by atoms with Gasteiger partial charge in [-0.15, -0.1) is 0 Å². The van der Waals surface area contributed by atoms with Gasteiger partial charge in [0.05, 0.1) is 5.69 Å². The number of carbonyl (C=O) groups is 1. The van der Waals surface area contributed by atoms with E-state index in [1.165, 1.54) is 6.07 Å². The van der Waals surface area contributed by atoms with Crippen LogP contribution in [0.5, 0.6) is 0 Å². The van der Waals surface area contributed by atoms with E-state index in [9.17, 15) is 14.3 Å². The highest BCUT2D eigenvalue weighted by Gasteiger charge is 2.51. The lowest BCUT2D eigenvalue weighted by molar-refractivity contribution is -0.141. The molecule has 3 rings (SSSR count). The maximum Gasteiger partial charge on any atom is 0.261 e. The molecule has 4 heteroatoms. The lowest BCUT2D eigenvalue weighted by Crippen LogP contribution is -2.42. The van der Waals surface area contributed by atoms with Crippen LogP contribution in [0.4, 0.5) is 10.1 Å². The third kappa shape index (κ3) is 1.70. The zero-order valence-corrected chi connectivity index (χ0v) is 11.0. The van der Waals surface area contributed by atoms with Crippen LogP contribution in [-0.4, -0.2) is 11.0 Å². The maximum atomic E-state index is 13.6. The van der Waals surface area contributed by atoms with E-state index in [2.05, 4.69) is 5.32 Å². The van der Waals surface area contributed by atoms with Gasteiger partial charge in [-0.05, 0) is 25.8 Å². The fraction of sp³-hybridized carbons (Fsp3) is 0.533. The third-order valence-electron chi connectivity index (χ3n) is 4.59.